The largest absolute Gasteiger partial charge is 0.480 e. The molecule has 0 bridgehead atoms. The van der Waals surface area contributed by atoms with Crippen molar-refractivity contribution in [2.45, 2.75) is 31.5 Å². The van der Waals surface area contributed by atoms with E-state index in [1.54, 1.807) is 0 Å². The van der Waals surface area contributed by atoms with Crippen LogP contribution in [0.1, 0.15) is 19.3 Å². The highest BCUT2D eigenvalue weighted by molar-refractivity contribution is 7.89. The van der Waals surface area contributed by atoms with Gasteiger partial charge in [-0.1, -0.05) is 6.08 Å². The van der Waals surface area contributed by atoms with Crippen LogP contribution in [0.4, 0.5) is 13.2 Å². The summed E-state index contributed by atoms with van der Waals surface area (Å²) >= 11 is 0. The Balaban J connectivity index is 4.86. The van der Waals surface area contributed by atoms with E-state index in [0.29, 0.717) is 4.31 Å². The average molecular weight is 303 g/mol. The number of halogens is 3. The molecule has 0 saturated heterocycles. The minimum atomic E-state index is -4.60. The van der Waals surface area contributed by atoms with Crippen molar-refractivity contribution in [2.24, 2.45) is 0 Å². The molecule has 0 amide bonds. The molecule has 0 aromatic carbocycles. The molecule has 0 unspecified atom stereocenters. The molecule has 1 N–H and O–H groups in total. The lowest BCUT2D eigenvalue weighted by molar-refractivity contribution is -0.141. The number of allylic oxidation sites excluding steroid dienone is 1. The van der Waals surface area contributed by atoms with E-state index in [1.165, 1.54) is 6.08 Å². The highest BCUT2D eigenvalue weighted by Gasteiger charge is 2.35. The molecule has 0 rings (SSSR count). The molecule has 19 heavy (non-hydrogen) atoms. The van der Waals surface area contributed by atoms with Crippen LogP contribution in [0, 0.1) is 0 Å². The molecule has 0 aromatic heterocycles. The Morgan fingerprint density at radius 1 is 1.47 bits per heavy atom. The molecule has 0 spiro atoms. The second-order valence-electron chi connectivity index (χ2n) is 3.92. The highest BCUT2D eigenvalue weighted by atomic mass is 32.2. The first-order valence-corrected chi connectivity index (χ1v) is 6.98. The summed E-state index contributed by atoms with van der Waals surface area (Å²) in [6.45, 7) is 3.37. The number of alkyl halides is 3. The van der Waals surface area contributed by atoms with Crippen LogP contribution >= 0.6 is 0 Å². The number of nitrogens with zero attached hydrogens (tertiary/aromatic N) is 1. The van der Waals surface area contributed by atoms with Gasteiger partial charge < -0.3 is 5.11 Å². The lowest BCUT2D eigenvalue weighted by atomic mass is 10.1. The van der Waals surface area contributed by atoms with E-state index in [9.17, 15) is 26.4 Å². The second-order valence-corrected chi connectivity index (χ2v) is 6.07. The summed E-state index contributed by atoms with van der Waals surface area (Å²) in [7, 11) is -3.30. The molecule has 0 aromatic rings. The smallest absolute Gasteiger partial charge is 0.390 e. The Morgan fingerprint density at radius 2 is 2.00 bits per heavy atom. The molecule has 1 atom stereocenters. The number of carboxylic acids is 1. The van der Waals surface area contributed by atoms with Gasteiger partial charge in [0.05, 0.1) is 12.2 Å². The van der Waals surface area contributed by atoms with Gasteiger partial charge in [0.15, 0.2) is 0 Å². The molecule has 9 heteroatoms. The Kier molecular flexibility index (Phi) is 6.50. The molecule has 0 aliphatic heterocycles. The highest BCUT2D eigenvalue weighted by Crippen LogP contribution is 2.22. The van der Waals surface area contributed by atoms with Crippen molar-refractivity contribution < 1.29 is 31.5 Å². The number of hydrogen-bond donors (Lipinski definition) is 1. The van der Waals surface area contributed by atoms with Crippen LogP contribution in [0.5, 0.6) is 0 Å². The molecular formula is C10H16F3NO4S. The van der Waals surface area contributed by atoms with Crippen molar-refractivity contribution in [2.75, 3.05) is 12.8 Å². The van der Waals surface area contributed by atoms with Crippen LogP contribution < -0.4 is 0 Å². The third-order valence-corrected chi connectivity index (χ3v) is 4.30. The monoisotopic (exact) mass is 303 g/mol. The summed E-state index contributed by atoms with van der Waals surface area (Å²) in [4.78, 5) is 10.9. The summed E-state index contributed by atoms with van der Waals surface area (Å²) in [6, 6.07) is -1.39. The first-order valence-electron chi connectivity index (χ1n) is 5.37. The topological polar surface area (TPSA) is 74.7 Å². The van der Waals surface area contributed by atoms with Gasteiger partial charge in [0.1, 0.15) is 6.04 Å². The molecular weight excluding hydrogens is 287 g/mol. The van der Waals surface area contributed by atoms with Crippen molar-refractivity contribution in [1.82, 2.24) is 4.31 Å². The van der Waals surface area contributed by atoms with E-state index in [2.05, 4.69) is 6.58 Å². The van der Waals surface area contributed by atoms with Crippen LogP contribution in [-0.4, -0.2) is 48.8 Å². The zero-order valence-corrected chi connectivity index (χ0v) is 11.2. The van der Waals surface area contributed by atoms with E-state index >= 15 is 0 Å². The third kappa shape index (κ3) is 6.58. The number of carbonyl (C=O) groups is 1. The van der Waals surface area contributed by atoms with E-state index < -0.39 is 40.4 Å². The molecule has 0 aliphatic rings. The number of sulfonamides is 1. The van der Waals surface area contributed by atoms with Crippen molar-refractivity contribution >= 4 is 16.0 Å². The van der Waals surface area contributed by atoms with Crippen molar-refractivity contribution in [3.63, 3.8) is 0 Å². The predicted molar refractivity (Wildman–Crippen MR) is 63.1 cm³/mol. The Bertz CT molecular complexity index is 419. The van der Waals surface area contributed by atoms with Gasteiger partial charge in [0.2, 0.25) is 10.0 Å². The normalized spacial score (nSPS) is 14.4. The third-order valence-electron chi connectivity index (χ3n) is 2.45. The van der Waals surface area contributed by atoms with Gasteiger partial charge in [-0.05, 0) is 12.8 Å². The van der Waals surface area contributed by atoms with Crippen molar-refractivity contribution in [3.8, 4) is 0 Å². The number of aliphatic carboxylic acids is 1. The van der Waals surface area contributed by atoms with Gasteiger partial charge >= 0.3 is 12.1 Å². The van der Waals surface area contributed by atoms with Crippen molar-refractivity contribution in [1.29, 1.82) is 0 Å². The van der Waals surface area contributed by atoms with E-state index in [1.807, 2.05) is 0 Å². The fraction of sp³-hybridized carbons (Fsp3) is 0.700. The average Bonchev–Trinajstić information content (AvgIpc) is 2.25. The predicted octanol–water partition coefficient (Wildman–Crippen LogP) is 1.62. The standard InChI is InChI=1S/C10H16F3NO4S/c1-3-4-5-8(9(15)16)14(2)19(17,18)7-6-10(11,12)13/h3,8H,1,4-7H2,2H3,(H,15,16)/t8-/m0/s1. The maximum atomic E-state index is 12.0. The summed E-state index contributed by atoms with van der Waals surface area (Å²) in [5.41, 5.74) is 0. The zero-order valence-electron chi connectivity index (χ0n) is 10.4. The van der Waals surface area contributed by atoms with Crippen LogP contribution in [0.25, 0.3) is 0 Å². The van der Waals surface area contributed by atoms with E-state index in [-0.39, 0.29) is 12.8 Å². The molecule has 0 heterocycles. The summed E-state index contributed by atoms with van der Waals surface area (Å²) < 4.78 is 59.7. The molecule has 0 fully saturated rings. The lowest BCUT2D eigenvalue weighted by Gasteiger charge is -2.24. The van der Waals surface area contributed by atoms with Crippen LogP contribution in [-0.2, 0) is 14.8 Å². The quantitative estimate of drug-likeness (QED) is 0.691. The van der Waals surface area contributed by atoms with E-state index in [0.717, 1.165) is 7.05 Å². The Morgan fingerprint density at radius 3 is 2.37 bits per heavy atom. The van der Waals surface area contributed by atoms with Gasteiger partial charge in [-0.3, -0.25) is 4.79 Å². The van der Waals surface area contributed by atoms with Gasteiger partial charge in [-0.2, -0.15) is 17.5 Å². The minimum Gasteiger partial charge on any atom is -0.480 e. The SMILES string of the molecule is C=CCC[C@@H](C(=O)O)N(C)S(=O)(=O)CCC(F)(F)F. The lowest BCUT2D eigenvalue weighted by Crippen LogP contribution is -2.43. The van der Waals surface area contributed by atoms with Crippen LogP contribution in [0.15, 0.2) is 12.7 Å². The Hall–Kier alpha value is -1.09. The molecule has 112 valence electrons. The van der Waals surface area contributed by atoms with Gasteiger partial charge in [-0.15, -0.1) is 6.58 Å². The number of rotatable bonds is 8. The Labute approximate surface area is 109 Å². The number of carboxylic acid groups (broad SMARTS) is 1. The zero-order chi connectivity index (χ0) is 15.3. The fourth-order valence-corrected chi connectivity index (χ4v) is 2.68. The van der Waals surface area contributed by atoms with Gasteiger partial charge in [0, 0.05) is 7.05 Å². The van der Waals surface area contributed by atoms with E-state index in [4.69, 9.17) is 5.11 Å². The van der Waals surface area contributed by atoms with Crippen molar-refractivity contribution in [3.05, 3.63) is 12.7 Å². The first-order chi connectivity index (χ1) is 8.51. The van der Waals surface area contributed by atoms with Crippen LogP contribution in [0.2, 0.25) is 0 Å². The minimum absolute atomic E-state index is 0.0411. The van der Waals surface area contributed by atoms with Gasteiger partial charge in [0.25, 0.3) is 0 Å². The summed E-state index contributed by atoms with van der Waals surface area (Å²) in [5, 5.41) is 8.90. The fourth-order valence-electron chi connectivity index (χ4n) is 1.32. The van der Waals surface area contributed by atoms with Crippen LogP contribution in [0.3, 0.4) is 0 Å². The van der Waals surface area contributed by atoms with Gasteiger partial charge in [-0.25, -0.2) is 8.42 Å². The maximum absolute atomic E-state index is 12.0. The molecule has 0 aliphatic carbocycles. The first kappa shape index (κ1) is 17.9. The molecule has 5 nitrogen and oxygen atoms in total. The molecule has 0 saturated carbocycles. The number of hydrogen-bond acceptors (Lipinski definition) is 3. The second kappa shape index (κ2) is 6.90. The summed E-state index contributed by atoms with van der Waals surface area (Å²) in [5.74, 6) is -2.56. The number of likely N-dealkylation sites (N-methyl/N-ethyl adjacent to an activating group) is 1. The maximum Gasteiger partial charge on any atom is 0.390 e. The summed E-state index contributed by atoms with van der Waals surface area (Å²) in [6.07, 6.45) is -4.50. The molecule has 0 radical (unpaired) electrons.